The molecule has 4 nitrogen and oxygen atoms in total. The van der Waals surface area contributed by atoms with Gasteiger partial charge in [0.25, 0.3) is 0 Å². The Morgan fingerprint density at radius 3 is 2.38 bits per heavy atom. The van der Waals surface area contributed by atoms with Gasteiger partial charge in [0, 0.05) is 6.92 Å². The molecule has 1 aromatic rings. The lowest BCUT2D eigenvalue weighted by molar-refractivity contribution is -0.120. The average molecular weight is 362 g/mol. The van der Waals surface area contributed by atoms with Crippen LogP contribution in [0.1, 0.15) is 70.8 Å². The van der Waals surface area contributed by atoms with Gasteiger partial charge in [-0.25, -0.2) is 0 Å². The predicted octanol–water partition coefficient (Wildman–Crippen LogP) is 4.50. The fourth-order valence-electron chi connectivity index (χ4n) is 3.00. The maximum absolute atomic E-state index is 11.4. The molecular weight excluding hydrogens is 326 g/mol. The quantitative estimate of drug-likeness (QED) is 0.358. The first-order chi connectivity index (χ1) is 12.5. The molecule has 0 aliphatic rings. The van der Waals surface area contributed by atoms with E-state index in [1.165, 1.54) is 39.0 Å². The minimum Gasteiger partial charge on any atom is -0.508 e. The van der Waals surface area contributed by atoms with Crippen LogP contribution in [-0.2, 0) is 11.2 Å². The third-order valence-corrected chi connectivity index (χ3v) is 4.52. The number of hydrogen-bond acceptors (Lipinski definition) is 3. The fraction of sp³-hybridized carbons (Fsp3) is 0.591. The molecule has 146 valence electrons. The van der Waals surface area contributed by atoms with Gasteiger partial charge in [-0.2, -0.15) is 0 Å². The maximum Gasteiger partial charge on any atom is 0.217 e. The molecule has 1 rings (SSSR count). The summed E-state index contributed by atoms with van der Waals surface area (Å²) in [4.78, 5) is 11.4. The van der Waals surface area contributed by atoms with Crippen LogP contribution in [0.5, 0.6) is 5.75 Å². The van der Waals surface area contributed by atoms with Crippen LogP contribution < -0.4 is 5.32 Å². The van der Waals surface area contributed by atoms with E-state index in [9.17, 15) is 15.0 Å². The van der Waals surface area contributed by atoms with Crippen molar-refractivity contribution in [2.45, 2.75) is 83.8 Å². The molecule has 0 bridgehead atoms. The Hall–Kier alpha value is -1.81. The van der Waals surface area contributed by atoms with E-state index in [-0.39, 0.29) is 17.7 Å². The molecule has 3 N–H and O–H groups in total. The van der Waals surface area contributed by atoms with Gasteiger partial charge in [-0.3, -0.25) is 4.79 Å². The Labute approximate surface area is 158 Å². The van der Waals surface area contributed by atoms with Gasteiger partial charge in [-0.05, 0) is 49.8 Å². The number of amides is 1. The molecule has 26 heavy (non-hydrogen) atoms. The van der Waals surface area contributed by atoms with E-state index in [0.29, 0.717) is 12.8 Å². The number of aromatic hydroxyl groups is 1. The summed E-state index contributed by atoms with van der Waals surface area (Å²) >= 11 is 0. The highest BCUT2D eigenvalue weighted by molar-refractivity contribution is 5.73. The highest BCUT2D eigenvalue weighted by atomic mass is 16.3. The van der Waals surface area contributed by atoms with Crippen molar-refractivity contribution in [3.8, 4) is 5.75 Å². The van der Waals surface area contributed by atoms with E-state index in [2.05, 4.69) is 24.4 Å². The summed E-state index contributed by atoms with van der Waals surface area (Å²) in [6.45, 7) is 3.69. The van der Waals surface area contributed by atoms with Crippen LogP contribution in [0.25, 0.3) is 0 Å². The van der Waals surface area contributed by atoms with E-state index in [4.69, 9.17) is 0 Å². The van der Waals surface area contributed by atoms with Crippen molar-refractivity contribution < 1.29 is 15.0 Å². The predicted molar refractivity (Wildman–Crippen MR) is 107 cm³/mol. The van der Waals surface area contributed by atoms with Gasteiger partial charge in [0.15, 0.2) is 0 Å². The van der Waals surface area contributed by atoms with Crippen molar-refractivity contribution in [3.05, 3.63) is 42.0 Å². The number of nitrogens with one attached hydrogen (secondary N) is 1. The maximum atomic E-state index is 11.4. The zero-order valence-electron chi connectivity index (χ0n) is 16.3. The lowest BCUT2D eigenvalue weighted by Gasteiger charge is -2.23. The Morgan fingerprint density at radius 2 is 1.73 bits per heavy atom. The standard InChI is InChI=1S/C22H35NO3/c1-3-4-5-6-7-8-9-10-11-12-22(26)21(23-18(2)24)17-19-13-15-20(25)16-14-19/h9-10,13-16,21-22,25-26H,3-8,11-12,17H2,1-2H3,(H,23,24)/b10-9-/t21-,22+/m0/s1. The molecule has 0 aliphatic heterocycles. The molecule has 0 unspecified atom stereocenters. The number of benzene rings is 1. The number of carbonyl (C=O) groups excluding carboxylic acids is 1. The Balaban J connectivity index is 2.37. The van der Waals surface area contributed by atoms with Crippen molar-refractivity contribution in [3.63, 3.8) is 0 Å². The van der Waals surface area contributed by atoms with Crippen molar-refractivity contribution in [1.29, 1.82) is 0 Å². The first-order valence-electron chi connectivity index (χ1n) is 9.91. The van der Waals surface area contributed by atoms with Crippen LogP contribution in [0.3, 0.4) is 0 Å². The summed E-state index contributed by atoms with van der Waals surface area (Å²) in [6, 6.07) is 6.55. The zero-order chi connectivity index (χ0) is 19.2. The summed E-state index contributed by atoms with van der Waals surface area (Å²) in [6.07, 6.45) is 13.2. The van der Waals surface area contributed by atoms with E-state index >= 15 is 0 Å². The summed E-state index contributed by atoms with van der Waals surface area (Å²) < 4.78 is 0. The molecular formula is C22H35NO3. The third kappa shape index (κ3) is 10.2. The molecule has 0 fully saturated rings. The second-order valence-corrected chi connectivity index (χ2v) is 7.00. The van der Waals surface area contributed by atoms with E-state index in [1.54, 1.807) is 12.1 Å². The summed E-state index contributed by atoms with van der Waals surface area (Å²) in [7, 11) is 0. The number of carbonyl (C=O) groups is 1. The minimum absolute atomic E-state index is 0.143. The van der Waals surface area contributed by atoms with Crippen molar-refractivity contribution in [2.24, 2.45) is 0 Å². The average Bonchev–Trinajstić information content (AvgIpc) is 2.61. The Bertz CT molecular complexity index is 525. The SMILES string of the molecule is CCCCCCC/C=C\CC[C@@H](O)[C@H](Cc1ccc(O)cc1)NC(C)=O. The van der Waals surface area contributed by atoms with Gasteiger partial charge in [-0.1, -0.05) is 56.9 Å². The van der Waals surface area contributed by atoms with Crippen LogP contribution in [0, 0.1) is 0 Å². The van der Waals surface area contributed by atoms with Gasteiger partial charge < -0.3 is 15.5 Å². The number of unbranched alkanes of at least 4 members (excludes halogenated alkanes) is 5. The molecule has 4 heteroatoms. The number of hydrogen-bond donors (Lipinski definition) is 3. The number of rotatable bonds is 13. The number of phenols is 1. The van der Waals surface area contributed by atoms with Gasteiger partial charge >= 0.3 is 0 Å². The van der Waals surface area contributed by atoms with Crippen molar-refractivity contribution in [1.82, 2.24) is 5.32 Å². The van der Waals surface area contributed by atoms with Crippen molar-refractivity contribution >= 4 is 5.91 Å². The largest absolute Gasteiger partial charge is 0.508 e. The van der Waals surface area contributed by atoms with Crippen molar-refractivity contribution in [2.75, 3.05) is 0 Å². The smallest absolute Gasteiger partial charge is 0.217 e. The van der Waals surface area contributed by atoms with Crippen LogP contribution >= 0.6 is 0 Å². The van der Waals surface area contributed by atoms with Gasteiger partial charge in [-0.15, -0.1) is 0 Å². The van der Waals surface area contributed by atoms with E-state index in [1.807, 2.05) is 12.1 Å². The molecule has 0 heterocycles. The van der Waals surface area contributed by atoms with Crippen LogP contribution in [0.15, 0.2) is 36.4 Å². The molecule has 0 saturated carbocycles. The first-order valence-corrected chi connectivity index (χ1v) is 9.91. The molecule has 0 saturated heterocycles. The molecule has 0 aliphatic carbocycles. The highest BCUT2D eigenvalue weighted by Gasteiger charge is 2.20. The Morgan fingerprint density at radius 1 is 1.08 bits per heavy atom. The normalized spacial score (nSPS) is 13.7. The van der Waals surface area contributed by atoms with Gasteiger partial charge in [0.2, 0.25) is 5.91 Å². The molecule has 0 radical (unpaired) electrons. The van der Waals surface area contributed by atoms with Crippen LogP contribution in [-0.4, -0.2) is 28.3 Å². The zero-order valence-corrected chi connectivity index (χ0v) is 16.3. The molecule has 2 atom stereocenters. The topological polar surface area (TPSA) is 69.6 Å². The second kappa shape index (κ2) is 13.4. The lowest BCUT2D eigenvalue weighted by atomic mass is 9.98. The number of allylic oxidation sites excluding steroid dienone is 2. The number of phenolic OH excluding ortho intramolecular Hbond substituents is 1. The van der Waals surface area contributed by atoms with Gasteiger partial charge in [0.05, 0.1) is 12.1 Å². The lowest BCUT2D eigenvalue weighted by Crippen LogP contribution is -2.43. The molecule has 1 amide bonds. The van der Waals surface area contributed by atoms with E-state index < -0.39 is 6.10 Å². The minimum atomic E-state index is -0.595. The summed E-state index contributed by atoms with van der Waals surface area (Å²) in [5.41, 5.74) is 0.975. The summed E-state index contributed by atoms with van der Waals surface area (Å²) in [5, 5.41) is 22.7. The summed E-state index contributed by atoms with van der Waals surface area (Å²) in [5.74, 6) is 0.0701. The number of aliphatic hydroxyl groups excluding tert-OH is 1. The third-order valence-electron chi connectivity index (χ3n) is 4.52. The monoisotopic (exact) mass is 361 g/mol. The first kappa shape index (κ1) is 22.2. The second-order valence-electron chi connectivity index (χ2n) is 7.00. The van der Waals surface area contributed by atoms with Crippen LogP contribution in [0.4, 0.5) is 0 Å². The molecule has 0 aromatic heterocycles. The number of aliphatic hydroxyl groups is 1. The molecule has 0 spiro atoms. The van der Waals surface area contributed by atoms with E-state index in [0.717, 1.165) is 18.4 Å². The molecule has 1 aromatic carbocycles. The highest BCUT2D eigenvalue weighted by Crippen LogP contribution is 2.14. The van der Waals surface area contributed by atoms with Gasteiger partial charge in [0.1, 0.15) is 5.75 Å². The Kier molecular flexibility index (Phi) is 11.5. The van der Waals surface area contributed by atoms with Crippen LogP contribution in [0.2, 0.25) is 0 Å². The fourth-order valence-corrected chi connectivity index (χ4v) is 3.00.